The molecule has 0 bridgehead atoms. The molecule has 5 heteroatoms. The predicted molar refractivity (Wildman–Crippen MR) is 73.4 cm³/mol. The first-order chi connectivity index (χ1) is 9.22. The summed E-state index contributed by atoms with van der Waals surface area (Å²) < 4.78 is 5.05. The van der Waals surface area contributed by atoms with Gasteiger partial charge in [0.05, 0.1) is 7.11 Å². The lowest BCUT2D eigenvalue weighted by molar-refractivity contribution is 0.203. The second-order valence-corrected chi connectivity index (χ2v) is 4.81. The second-order valence-electron chi connectivity index (χ2n) is 4.81. The maximum Gasteiger partial charge on any atom is 0.319 e. The average molecular weight is 264 g/mol. The molecule has 0 radical (unpaired) electrons. The number of aliphatic hydroxyl groups is 1. The van der Waals surface area contributed by atoms with Crippen LogP contribution in [-0.2, 0) is 0 Å². The van der Waals surface area contributed by atoms with Crippen molar-refractivity contribution in [2.75, 3.05) is 19.0 Å². The van der Waals surface area contributed by atoms with Crippen molar-refractivity contribution in [3.63, 3.8) is 0 Å². The molecular weight excluding hydrogens is 244 g/mol. The zero-order valence-electron chi connectivity index (χ0n) is 11.1. The Kier molecular flexibility index (Phi) is 4.63. The summed E-state index contributed by atoms with van der Waals surface area (Å²) in [5.41, 5.74) is 0.719. The van der Waals surface area contributed by atoms with Gasteiger partial charge in [0.2, 0.25) is 0 Å². The largest absolute Gasteiger partial charge is 0.497 e. The number of urea groups is 1. The van der Waals surface area contributed by atoms with Crippen LogP contribution in [0, 0.1) is 5.92 Å². The van der Waals surface area contributed by atoms with Crippen LogP contribution in [-0.4, -0.2) is 30.9 Å². The first-order valence-electron chi connectivity index (χ1n) is 6.55. The summed E-state index contributed by atoms with van der Waals surface area (Å²) in [6.45, 7) is 0.132. The number of nitrogens with one attached hydrogen (secondary N) is 2. The van der Waals surface area contributed by atoms with E-state index in [2.05, 4.69) is 10.6 Å². The van der Waals surface area contributed by atoms with Crippen LogP contribution < -0.4 is 15.4 Å². The summed E-state index contributed by atoms with van der Waals surface area (Å²) >= 11 is 0. The van der Waals surface area contributed by atoms with Gasteiger partial charge >= 0.3 is 6.03 Å². The third kappa shape index (κ3) is 3.61. The Labute approximate surface area is 113 Å². The van der Waals surface area contributed by atoms with Crippen molar-refractivity contribution in [3.8, 4) is 5.75 Å². The van der Waals surface area contributed by atoms with Crippen molar-refractivity contribution in [1.29, 1.82) is 0 Å². The molecule has 0 saturated heterocycles. The molecule has 0 heterocycles. The minimum absolute atomic E-state index is 0.0725. The van der Waals surface area contributed by atoms with Crippen molar-refractivity contribution < 1.29 is 14.6 Å². The fraction of sp³-hybridized carbons (Fsp3) is 0.500. The van der Waals surface area contributed by atoms with Gasteiger partial charge in [0.25, 0.3) is 0 Å². The summed E-state index contributed by atoms with van der Waals surface area (Å²) in [7, 11) is 1.60. The molecule has 1 aliphatic rings. The monoisotopic (exact) mass is 264 g/mol. The molecule has 1 saturated carbocycles. The zero-order valence-corrected chi connectivity index (χ0v) is 11.1. The topological polar surface area (TPSA) is 70.6 Å². The van der Waals surface area contributed by atoms with Crippen LogP contribution in [0.25, 0.3) is 0 Å². The van der Waals surface area contributed by atoms with E-state index in [0.717, 1.165) is 30.7 Å². The van der Waals surface area contributed by atoms with Crippen molar-refractivity contribution in [3.05, 3.63) is 24.3 Å². The molecule has 5 nitrogen and oxygen atoms in total. The van der Waals surface area contributed by atoms with Crippen LogP contribution in [0.5, 0.6) is 5.75 Å². The number of ether oxygens (including phenoxy) is 1. The smallest absolute Gasteiger partial charge is 0.319 e. The van der Waals surface area contributed by atoms with Crippen LogP contribution in [0.4, 0.5) is 10.5 Å². The molecule has 19 heavy (non-hydrogen) atoms. The van der Waals surface area contributed by atoms with E-state index in [4.69, 9.17) is 4.74 Å². The molecule has 0 aliphatic heterocycles. The first-order valence-corrected chi connectivity index (χ1v) is 6.55. The molecule has 2 atom stereocenters. The third-order valence-corrected chi connectivity index (χ3v) is 3.56. The van der Waals surface area contributed by atoms with E-state index < -0.39 is 0 Å². The summed E-state index contributed by atoms with van der Waals surface area (Å²) in [6, 6.07) is 7.01. The van der Waals surface area contributed by atoms with Crippen LogP contribution in [0.2, 0.25) is 0 Å². The van der Waals surface area contributed by atoms with Crippen molar-refractivity contribution in [1.82, 2.24) is 5.32 Å². The third-order valence-electron chi connectivity index (χ3n) is 3.56. The molecule has 1 aliphatic carbocycles. The number of carbonyl (C=O) groups is 1. The highest BCUT2D eigenvalue weighted by atomic mass is 16.5. The van der Waals surface area contributed by atoms with Crippen LogP contribution in [0.15, 0.2) is 24.3 Å². The highest BCUT2D eigenvalue weighted by Gasteiger charge is 2.27. The SMILES string of the molecule is COc1ccc(NC(=O)NC2CCCC2CO)cc1. The van der Waals surface area contributed by atoms with Crippen molar-refractivity contribution in [2.24, 2.45) is 5.92 Å². The molecule has 3 N–H and O–H groups in total. The number of anilines is 1. The van der Waals surface area contributed by atoms with Gasteiger partial charge in [-0.05, 0) is 37.1 Å². The molecule has 1 aromatic rings. The molecule has 2 rings (SSSR count). The van der Waals surface area contributed by atoms with E-state index >= 15 is 0 Å². The number of hydrogen-bond donors (Lipinski definition) is 3. The number of aliphatic hydroxyl groups excluding tert-OH is 1. The maximum atomic E-state index is 11.8. The summed E-state index contributed by atoms with van der Waals surface area (Å²) in [5, 5.41) is 14.9. The van der Waals surface area contributed by atoms with Gasteiger partial charge in [-0.15, -0.1) is 0 Å². The highest BCUT2D eigenvalue weighted by molar-refractivity contribution is 5.89. The van der Waals surface area contributed by atoms with E-state index in [1.807, 2.05) is 0 Å². The standard InChI is InChI=1S/C14H20N2O3/c1-19-12-7-5-11(6-8-12)15-14(18)16-13-4-2-3-10(13)9-17/h5-8,10,13,17H,2-4,9H2,1H3,(H2,15,16,18). The fourth-order valence-corrected chi connectivity index (χ4v) is 2.46. The quantitative estimate of drug-likeness (QED) is 0.778. The van der Waals surface area contributed by atoms with E-state index in [9.17, 15) is 9.90 Å². The summed E-state index contributed by atoms with van der Waals surface area (Å²) in [6.07, 6.45) is 2.96. The Morgan fingerprint density at radius 1 is 1.37 bits per heavy atom. The Morgan fingerprint density at radius 3 is 2.74 bits per heavy atom. The Bertz CT molecular complexity index is 419. The summed E-state index contributed by atoms with van der Waals surface area (Å²) in [5.74, 6) is 0.934. The number of methoxy groups -OCH3 is 1. The van der Waals surface area contributed by atoms with Crippen molar-refractivity contribution >= 4 is 11.7 Å². The zero-order chi connectivity index (χ0) is 13.7. The lowest BCUT2D eigenvalue weighted by atomic mass is 10.1. The average Bonchev–Trinajstić information content (AvgIpc) is 2.86. The first kappa shape index (κ1) is 13.7. The predicted octanol–water partition coefficient (Wildman–Crippen LogP) is 1.98. The number of hydrogen-bond acceptors (Lipinski definition) is 3. The highest BCUT2D eigenvalue weighted by Crippen LogP contribution is 2.25. The molecule has 2 unspecified atom stereocenters. The van der Waals surface area contributed by atoms with Gasteiger partial charge in [-0.3, -0.25) is 0 Å². The fourth-order valence-electron chi connectivity index (χ4n) is 2.46. The van der Waals surface area contributed by atoms with Gasteiger partial charge < -0.3 is 20.5 Å². The van der Waals surface area contributed by atoms with Gasteiger partial charge in [-0.25, -0.2) is 4.79 Å². The Balaban J connectivity index is 1.86. The molecule has 104 valence electrons. The molecule has 0 aromatic heterocycles. The minimum atomic E-state index is -0.226. The van der Waals surface area contributed by atoms with Gasteiger partial charge in [-0.1, -0.05) is 6.42 Å². The molecule has 1 aromatic carbocycles. The second kappa shape index (κ2) is 6.43. The van der Waals surface area contributed by atoms with E-state index in [0.29, 0.717) is 0 Å². The molecule has 2 amide bonds. The van der Waals surface area contributed by atoms with Gasteiger partial charge in [-0.2, -0.15) is 0 Å². The lowest BCUT2D eigenvalue weighted by Crippen LogP contribution is -2.41. The van der Waals surface area contributed by atoms with Crippen molar-refractivity contribution in [2.45, 2.75) is 25.3 Å². The molecule has 1 fully saturated rings. The number of rotatable bonds is 4. The van der Waals surface area contributed by atoms with Gasteiger partial charge in [0.15, 0.2) is 0 Å². The Morgan fingerprint density at radius 2 is 2.11 bits per heavy atom. The van der Waals surface area contributed by atoms with Crippen LogP contribution in [0.3, 0.4) is 0 Å². The van der Waals surface area contributed by atoms with Crippen LogP contribution in [0.1, 0.15) is 19.3 Å². The number of amides is 2. The maximum absolute atomic E-state index is 11.8. The van der Waals surface area contributed by atoms with Crippen LogP contribution >= 0.6 is 0 Å². The lowest BCUT2D eigenvalue weighted by Gasteiger charge is -2.19. The van der Waals surface area contributed by atoms with E-state index in [1.54, 1.807) is 31.4 Å². The summed E-state index contributed by atoms with van der Waals surface area (Å²) in [4.78, 5) is 11.8. The van der Waals surface area contributed by atoms with E-state index in [-0.39, 0.29) is 24.6 Å². The molecule has 0 spiro atoms. The minimum Gasteiger partial charge on any atom is -0.497 e. The van der Waals surface area contributed by atoms with Gasteiger partial charge in [0, 0.05) is 24.3 Å². The van der Waals surface area contributed by atoms with Gasteiger partial charge in [0.1, 0.15) is 5.75 Å². The Hall–Kier alpha value is -1.75. The number of carbonyl (C=O) groups excluding carboxylic acids is 1. The van der Waals surface area contributed by atoms with E-state index in [1.165, 1.54) is 0 Å². The normalized spacial score (nSPS) is 22.0. The number of benzene rings is 1. The molecular formula is C14H20N2O3.